The van der Waals surface area contributed by atoms with Gasteiger partial charge in [-0.15, -0.1) is 0 Å². The number of halogens is 1. The molecule has 1 rings (SSSR count). The van der Waals surface area contributed by atoms with Crippen LogP contribution in [0.2, 0.25) is 0 Å². The molecule has 0 radical (unpaired) electrons. The van der Waals surface area contributed by atoms with E-state index in [2.05, 4.69) is 5.32 Å². The third kappa shape index (κ3) is 4.31. The molecule has 110 valence electrons. The zero-order chi connectivity index (χ0) is 15.3. The van der Waals surface area contributed by atoms with Crippen LogP contribution in [0.5, 0.6) is 0 Å². The van der Waals surface area contributed by atoms with Gasteiger partial charge in [0.25, 0.3) is 0 Å². The number of aliphatic carboxylic acids is 1. The number of nitrogens with zero attached hydrogens (tertiary/aromatic N) is 1. The number of hydrogen-bond donors (Lipinski definition) is 2. The summed E-state index contributed by atoms with van der Waals surface area (Å²) in [5.41, 5.74) is 1.14. The van der Waals surface area contributed by atoms with Gasteiger partial charge >= 0.3 is 5.97 Å². The van der Waals surface area contributed by atoms with Gasteiger partial charge in [0.1, 0.15) is 11.9 Å². The molecule has 0 fully saturated rings. The largest absolute Gasteiger partial charge is 0.480 e. The van der Waals surface area contributed by atoms with Gasteiger partial charge in [0.2, 0.25) is 5.91 Å². The molecule has 0 aliphatic rings. The molecule has 1 atom stereocenters. The second-order valence-corrected chi connectivity index (χ2v) is 4.68. The molecule has 0 heterocycles. The molecule has 0 spiro atoms. The van der Waals surface area contributed by atoms with Gasteiger partial charge in [-0.2, -0.15) is 0 Å². The Morgan fingerprint density at radius 2 is 2.10 bits per heavy atom. The fourth-order valence-corrected chi connectivity index (χ4v) is 1.93. The van der Waals surface area contributed by atoms with E-state index in [-0.39, 0.29) is 12.5 Å². The maximum Gasteiger partial charge on any atom is 0.320 e. The molecule has 1 amide bonds. The SMILES string of the molecule is CCC(C(=O)O)N(C)CC(=O)Nc1cc(F)ccc1C. The molecular weight excluding hydrogens is 263 g/mol. The van der Waals surface area contributed by atoms with Crippen molar-refractivity contribution in [2.24, 2.45) is 0 Å². The predicted octanol–water partition coefficient (Wildman–Crippen LogP) is 1.87. The molecule has 0 bridgehead atoms. The van der Waals surface area contributed by atoms with E-state index in [9.17, 15) is 14.0 Å². The quantitative estimate of drug-likeness (QED) is 0.835. The van der Waals surface area contributed by atoms with Gasteiger partial charge in [-0.25, -0.2) is 4.39 Å². The Kier molecular flexibility index (Phi) is 5.64. The molecule has 1 aromatic carbocycles. The van der Waals surface area contributed by atoms with Crippen LogP contribution in [0.25, 0.3) is 0 Å². The van der Waals surface area contributed by atoms with Crippen molar-refractivity contribution in [1.29, 1.82) is 0 Å². The first kappa shape index (κ1) is 16.1. The molecule has 0 saturated carbocycles. The van der Waals surface area contributed by atoms with Crippen LogP contribution >= 0.6 is 0 Å². The van der Waals surface area contributed by atoms with Crippen LogP contribution in [-0.4, -0.2) is 41.5 Å². The third-order valence-corrected chi connectivity index (χ3v) is 3.07. The van der Waals surface area contributed by atoms with E-state index in [4.69, 9.17) is 5.11 Å². The second-order valence-electron chi connectivity index (χ2n) is 4.68. The molecule has 6 heteroatoms. The highest BCUT2D eigenvalue weighted by Gasteiger charge is 2.22. The van der Waals surface area contributed by atoms with Crippen molar-refractivity contribution in [2.45, 2.75) is 26.3 Å². The molecular formula is C14H19FN2O3. The summed E-state index contributed by atoms with van der Waals surface area (Å²) in [7, 11) is 1.57. The summed E-state index contributed by atoms with van der Waals surface area (Å²) >= 11 is 0. The number of amides is 1. The lowest BCUT2D eigenvalue weighted by Gasteiger charge is -2.22. The van der Waals surface area contributed by atoms with Gasteiger partial charge in [0.15, 0.2) is 0 Å². The number of carbonyl (C=O) groups is 2. The number of aryl methyl sites for hydroxylation is 1. The molecule has 5 nitrogen and oxygen atoms in total. The summed E-state index contributed by atoms with van der Waals surface area (Å²) in [5, 5.41) is 11.6. The predicted molar refractivity (Wildman–Crippen MR) is 74.1 cm³/mol. The van der Waals surface area contributed by atoms with Crippen LogP contribution in [-0.2, 0) is 9.59 Å². The fraction of sp³-hybridized carbons (Fsp3) is 0.429. The first-order valence-electron chi connectivity index (χ1n) is 6.34. The number of carboxylic acids is 1. The summed E-state index contributed by atoms with van der Waals surface area (Å²) in [5.74, 6) is -1.78. The lowest BCUT2D eigenvalue weighted by atomic mass is 10.2. The van der Waals surface area contributed by atoms with E-state index in [1.54, 1.807) is 27.0 Å². The van der Waals surface area contributed by atoms with E-state index < -0.39 is 17.8 Å². The minimum Gasteiger partial charge on any atom is -0.480 e. The van der Waals surface area contributed by atoms with Gasteiger partial charge in [0.05, 0.1) is 6.54 Å². The number of carbonyl (C=O) groups excluding carboxylic acids is 1. The molecule has 0 aromatic heterocycles. The molecule has 1 unspecified atom stereocenters. The molecule has 0 aliphatic heterocycles. The Morgan fingerprint density at radius 3 is 2.65 bits per heavy atom. The van der Waals surface area contributed by atoms with Crippen molar-refractivity contribution < 1.29 is 19.1 Å². The number of benzene rings is 1. The molecule has 0 aliphatic carbocycles. The monoisotopic (exact) mass is 282 g/mol. The van der Waals surface area contributed by atoms with E-state index in [1.165, 1.54) is 17.0 Å². The van der Waals surface area contributed by atoms with Crippen LogP contribution in [0.15, 0.2) is 18.2 Å². The fourth-order valence-electron chi connectivity index (χ4n) is 1.93. The van der Waals surface area contributed by atoms with Crippen molar-refractivity contribution in [1.82, 2.24) is 4.90 Å². The van der Waals surface area contributed by atoms with Crippen molar-refractivity contribution in [3.63, 3.8) is 0 Å². The van der Waals surface area contributed by atoms with Gasteiger partial charge in [-0.1, -0.05) is 13.0 Å². The van der Waals surface area contributed by atoms with Gasteiger partial charge < -0.3 is 10.4 Å². The van der Waals surface area contributed by atoms with Crippen LogP contribution < -0.4 is 5.32 Å². The summed E-state index contributed by atoms with van der Waals surface area (Å²) in [6.45, 7) is 3.43. The highest BCUT2D eigenvalue weighted by Crippen LogP contribution is 2.16. The van der Waals surface area contributed by atoms with Crippen LogP contribution in [0.4, 0.5) is 10.1 Å². The normalized spacial score (nSPS) is 12.2. The van der Waals surface area contributed by atoms with Crippen molar-refractivity contribution in [3.05, 3.63) is 29.6 Å². The van der Waals surface area contributed by atoms with Crippen molar-refractivity contribution in [3.8, 4) is 0 Å². The topological polar surface area (TPSA) is 69.6 Å². The average Bonchev–Trinajstić information content (AvgIpc) is 2.34. The lowest BCUT2D eigenvalue weighted by molar-refractivity contribution is -0.143. The zero-order valence-corrected chi connectivity index (χ0v) is 11.8. The number of anilines is 1. The Hall–Kier alpha value is -1.95. The van der Waals surface area contributed by atoms with Crippen LogP contribution in [0.1, 0.15) is 18.9 Å². The Bertz CT molecular complexity index is 505. The second kappa shape index (κ2) is 7.00. The molecule has 20 heavy (non-hydrogen) atoms. The Balaban J connectivity index is 2.68. The van der Waals surface area contributed by atoms with E-state index in [0.717, 1.165) is 5.56 Å². The summed E-state index contributed by atoms with van der Waals surface area (Å²) < 4.78 is 13.1. The van der Waals surface area contributed by atoms with Gasteiger partial charge in [0, 0.05) is 5.69 Å². The molecule has 1 aromatic rings. The number of rotatable bonds is 6. The third-order valence-electron chi connectivity index (χ3n) is 3.07. The zero-order valence-electron chi connectivity index (χ0n) is 11.8. The number of likely N-dealkylation sites (N-methyl/N-ethyl adjacent to an activating group) is 1. The number of nitrogens with one attached hydrogen (secondary N) is 1. The average molecular weight is 282 g/mol. The lowest BCUT2D eigenvalue weighted by Crippen LogP contribution is -2.42. The Morgan fingerprint density at radius 1 is 1.45 bits per heavy atom. The minimum absolute atomic E-state index is 0.0687. The summed E-state index contributed by atoms with van der Waals surface area (Å²) in [6, 6.07) is 3.41. The summed E-state index contributed by atoms with van der Waals surface area (Å²) in [4.78, 5) is 24.3. The van der Waals surface area contributed by atoms with E-state index in [1.807, 2.05) is 0 Å². The highest BCUT2D eigenvalue weighted by molar-refractivity contribution is 5.93. The molecule has 2 N–H and O–H groups in total. The van der Waals surface area contributed by atoms with Crippen molar-refractivity contribution >= 4 is 17.6 Å². The van der Waals surface area contributed by atoms with Crippen LogP contribution in [0.3, 0.4) is 0 Å². The first-order valence-corrected chi connectivity index (χ1v) is 6.34. The standard InChI is InChI=1S/C14H19FN2O3/c1-4-12(14(19)20)17(3)8-13(18)16-11-7-10(15)6-5-9(11)2/h5-7,12H,4,8H2,1-3H3,(H,16,18)(H,19,20). The number of carboxylic acid groups (broad SMARTS) is 1. The first-order chi connectivity index (χ1) is 9.35. The van der Waals surface area contributed by atoms with Crippen LogP contribution in [0, 0.1) is 12.7 Å². The smallest absolute Gasteiger partial charge is 0.320 e. The van der Waals surface area contributed by atoms with Gasteiger partial charge in [-0.3, -0.25) is 14.5 Å². The van der Waals surface area contributed by atoms with Crippen molar-refractivity contribution in [2.75, 3.05) is 18.9 Å². The maximum absolute atomic E-state index is 13.1. The highest BCUT2D eigenvalue weighted by atomic mass is 19.1. The van der Waals surface area contributed by atoms with E-state index >= 15 is 0 Å². The van der Waals surface area contributed by atoms with Gasteiger partial charge in [-0.05, 0) is 38.1 Å². The minimum atomic E-state index is -0.968. The van der Waals surface area contributed by atoms with E-state index in [0.29, 0.717) is 12.1 Å². The Labute approximate surface area is 117 Å². The number of hydrogen-bond acceptors (Lipinski definition) is 3. The summed E-state index contributed by atoms with van der Waals surface area (Å²) in [6.07, 6.45) is 0.401. The molecule has 0 saturated heterocycles. The maximum atomic E-state index is 13.1.